The first-order chi connectivity index (χ1) is 8.40. The molecule has 3 N–H and O–H groups in total. The summed E-state index contributed by atoms with van der Waals surface area (Å²) < 4.78 is 2.32. The zero-order valence-corrected chi connectivity index (χ0v) is 10.4. The summed E-state index contributed by atoms with van der Waals surface area (Å²) in [5.41, 5.74) is 9.94. The molecule has 3 rings (SSSR count). The van der Waals surface area contributed by atoms with E-state index in [2.05, 4.69) is 10.00 Å². The Bertz CT molecular complexity index is 390. The van der Waals surface area contributed by atoms with E-state index in [0.717, 1.165) is 18.8 Å². The summed E-state index contributed by atoms with van der Waals surface area (Å²) in [6.45, 7) is 2.84. The molecule has 0 unspecified atom stereocenters. The molecular formula is C13H22N4. The summed E-state index contributed by atoms with van der Waals surface area (Å²) in [7, 11) is 0. The van der Waals surface area contributed by atoms with E-state index in [1.54, 1.807) is 0 Å². The molecule has 1 aliphatic heterocycles. The van der Waals surface area contributed by atoms with Gasteiger partial charge in [-0.05, 0) is 57.2 Å². The molecule has 1 saturated heterocycles. The predicted molar refractivity (Wildman–Crippen MR) is 67.9 cm³/mol. The molecule has 0 atom stereocenters. The molecule has 4 heteroatoms. The van der Waals surface area contributed by atoms with Gasteiger partial charge in [0.05, 0.1) is 11.7 Å². The van der Waals surface area contributed by atoms with Crippen molar-refractivity contribution in [3.63, 3.8) is 0 Å². The summed E-state index contributed by atoms with van der Waals surface area (Å²) in [5, 5.41) is 8.22. The summed E-state index contributed by atoms with van der Waals surface area (Å²) in [6, 6.07) is 0.600. The zero-order valence-electron chi connectivity index (χ0n) is 10.4. The van der Waals surface area contributed by atoms with Crippen molar-refractivity contribution < 1.29 is 0 Å². The molecule has 2 heterocycles. The van der Waals surface area contributed by atoms with Crippen molar-refractivity contribution in [2.24, 2.45) is 5.73 Å². The number of hydrogen-bond acceptors (Lipinski definition) is 3. The van der Waals surface area contributed by atoms with Crippen LogP contribution in [0.1, 0.15) is 48.7 Å². The van der Waals surface area contributed by atoms with Gasteiger partial charge in [-0.1, -0.05) is 0 Å². The van der Waals surface area contributed by atoms with Crippen molar-refractivity contribution in [2.75, 3.05) is 13.1 Å². The van der Waals surface area contributed by atoms with Crippen molar-refractivity contribution in [3.8, 4) is 0 Å². The lowest BCUT2D eigenvalue weighted by molar-refractivity contribution is 0.332. The highest BCUT2D eigenvalue weighted by molar-refractivity contribution is 5.29. The second kappa shape index (κ2) is 4.78. The van der Waals surface area contributed by atoms with Crippen molar-refractivity contribution in [2.45, 2.75) is 51.1 Å². The molecular weight excluding hydrogens is 212 g/mol. The Morgan fingerprint density at radius 1 is 1.24 bits per heavy atom. The molecule has 0 bridgehead atoms. The second-order valence-corrected chi connectivity index (χ2v) is 5.21. The van der Waals surface area contributed by atoms with Crippen LogP contribution in [0.4, 0.5) is 0 Å². The standard InChI is InChI=1S/C13H22N4/c14-9-12-11-3-1-2-4-13(11)17(16-12)10-5-7-15-8-6-10/h10,15H,1-9,14H2. The van der Waals surface area contributed by atoms with Crippen molar-refractivity contribution in [1.29, 1.82) is 0 Å². The van der Waals surface area contributed by atoms with E-state index in [9.17, 15) is 0 Å². The lowest BCUT2D eigenvalue weighted by Gasteiger charge is -2.26. The largest absolute Gasteiger partial charge is 0.325 e. The van der Waals surface area contributed by atoms with Crippen LogP contribution in [0.5, 0.6) is 0 Å². The molecule has 94 valence electrons. The third-order valence-corrected chi connectivity index (χ3v) is 4.14. The van der Waals surface area contributed by atoms with Crippen molar-refractivity contribution in [3.05, 3.63) is 17.0 Å². The number of nitrogens with zero attached hydrogens (tertiary/aromatic N) is 2. The molecule has 1 fully saturated rings. The van der Waals surface area contributed by atoms with Crippen LogP contribution in [-0.2, 0) is 19.4 Å². The predicted octanol–water partition coefficient (Wildman–Crippen LogP) is 1.15. The van der Waals surface area contributed by atoms with Gasteiger partial charge in [-0.3, -0.25) is 4.68 Å². The Morgan fingerprint density at radius 3 is 2.76 bits per heavy atom. The van der Waals surface area contributed by atoms with Crippen LogP contribution in [0.25, 0.3) is 0 Å². The van der Waals surface area contributed by atoms with Gasteiger partial charge < -0.3 is 11.1 Å². The molecule has 1 aliphatic carbocycles. The van der Waals surface area contributed by atoms with Crippen LogP contribution >= 0.6 is 0 Å². The minimum Gasteiger partial charge on any atom is -0.325 e. The third kappa shape index (κ3) is 2.00. The highest BCUT2D eigenvalue weighted by Crippen LogP contribution is 2.29. The fourth-order valence-electron chi connectivity index (χ4n) is 3.22. The minimum absolute atomic E-state index is 0.598. The van der Waals surface area contributed by atoms with Gasteiger partial charge >= 0.3 is 0 Å². The van der Waals surface area contributed by atoms with Crippen LogP contribution in [0.15, 0.2) is 0 Å². The van der Waals surface area contributed by atoms with Gasteiger partial charge in [0.2, 0.25) is 0 Å². The first-order valence-corrected chi connectivity index (χ1v) is 6.90. The maximum atomic E-state index is 5.83. The summed E-state index contributed by atoms with van der Waals surface area (Å²) in [4.78, 5) is 0. The summed E-state index contributed by atoms with van der Waals surface area (Å²) >= 11 is 0. The quantitative estimate of drug-likeness (QED) is 0.807. The van der Waals surface area contributed by atoms with Crippen LogP contribution in [-0.4, -0.2) is 22.9 Å². The Morgan fingerprint density at radius 2 is 2.00 bits per heavy atom. The zero-order chi connectivity index (χ0) is 11.7. The molecule has 2 aliphatic rings. The van der Waals surface area contributed by atoms with Gasteiger partial charge in [0.1, 0.15) is 0 Å². The number of nitrogens with one attached hydrogen (secondary N) is 1. The van der Waals surface area contributed by atoms with E-state index in [-0.39, 0.29) is 0 Å². The van der Waals surface area contributed by atoms with Gasteiger partial charge in [0.15, 0.2) is 0 Å². The molecule has 1 aromatic heterocycles. The molecule has 0 amide bonds. The van der Waals surface area contributed by atoms with E-state index in [0.29, 0.717) is 12.6 Å². The monoisotopic (exact) mass is 234 g/mol. The van der Waals surface area contributed by atoms with Crippen molar-refractivity contribution >= 4 is 0 Å². The van der Waals surface area contributed by atoms with Gasteiger partial charge in [0.25, 0.3) is 0 Å². The van der Waals surface area contributed by atoms with E-state index < -0.39 is 0 Å². The molecule has 0 saturated carbocycles. The number of piperidine rings is 1. The Kier molecular flexibility index (Phi) is 3.16. The summed E-state index contributed by atoms with van der Waals surface area (Å²) in [6.07, 6.45) is 7.42. The van der Waals surface area contributed by atoms with E-state index in [4.69, 9.17) is 10.8 Å². The highest BCUT2D eigenvalue weighted by atomic mass is 15.3. The number of fused-ring (bicyclic) bond motifs is 1. The normalized spacial score (nSPS) is 21.5. The van der Waals surface area contributed by atoms with E-state index in [1.165, 1.54) is 49.8 Å². The minimum atomic E-state index is 0.598. The maximum Gasteiger partial charge on any atom is 0.0795 e. The smallest absolute Gasteiger partial charge is 0.0795 e. The van der Waals surface area contributed by atoms with Gasteiger partial charge in [-0.25, -0.2) is 0 Å². The first-order valence-electron chi connectivity index (χ1n) is 6.90. The molecule has 17 heavy (non-hydrogen) atoms. The van der Waals surface area contributed by atoms with Crippen LogP contribution in [0, 0.1) is 0 Å². The SMILES string of the molecule is NCc1nn(C2CCNCC2)c2c1CCCC2. The van der Waals surface area contributed by atoms with Crippen molar-refractivity contribution in [1.82, 2.24) is 15.1 Å². The lowest BCUT2D eigenvalue weighted by atomic mass is 9.95. The van der Waals surface area contributed by atoms with Crippen LogP contribution in [0.2, 0.25) is 0 Å². The fraction of sp³-hybridized carbons (Fsp3) is 0.769. The number of rotatable bonds is 2. The topological polar surface area (TPSA) is 55.9 Å². The lowest BCUT2D eigenvalue weighted by Crippen LogP contribution is -2.30. The van der Waals surface area contributed by atoms with E-state index >= 15 is 0 Å². The molecule has 4 nitrogen and oxygen atoms in total. The van der Waals surface area contributed by atoms with E-state index in [1.807, 2.05) is 0 Å². The number of aromatic nitrogens is 2. The average Bonchev–Trinajstić information content (AvgIpc) is 2.78. The number of hydrogen-bond donors (Lipinski definition) is 2. The molecule has 0 spiro atoms. The molecule has 0 radical (unpaired) electrons. The third-order valence-electron chi connectivity index (χ3n) is 4.14. The highest BCUT2D eigenvalue weighted by Gasteiger charge is 2.25. The van der Waals surface area contributed by atoms with Crippen LogP contribution < -0.4 is 11.1 Å². The first kappa shape index (κ1) is 11.2. The Hall–Kier alpha value is -0.870. The Balaban J connectivity index is 1.95. The van der Waals surface area contributed by atoms with Gasteiger partial charge in [-0.15, -0.1) is 0 Å². The van der Waals surface area contributed by atoms with Crippen LogP contribution in [0.3, 0.4) is 0 Å². The Labute approximate surface area is 103 Å². The summed E-state index contributed by atoms with van der Waals surface area (Å²) in [5.74, 6) is 0. The molecule has 0 aromatic carbocycles. The number of nitrogens with two attached hydrogens (primary N) is 1. The molecule has 1 aromatic rings. The fourth-order valence-corrected chi connectivity index (χ4v) is 3.22. The van der Waals surface area contributed by atoms with Gasteiger partial charge in [-0.2, -0.15) is 5.10 Å². The van der Waals surface area contributed by atoms with Gasteiger partial charge in [0, 0.05) is 12.2 Å². The second-order valence-electron chi connectivity index (χ2n) is 5.21. The maximum absolute atomic E-state index is 5.83. The average molecular weight is 234 g/mol.